The van der Waals surface area contributed by atoms with Gasteiger partial charge in [0.15, 0.2) is 0 Å². The average Bonchev–Trinajstić information content (AvgIpc) is 2.54. The van der Waals surface area contributed by atoms with Crippen LogP contribution in [0.2, 0.25) is 0 Å². The molecule has 0 radical (unpaired) electrons. The summed E-state index contributed by atoms with van der Waals surface area (Å²) in [6.45, 7) is 2.97. The summed E-state index contributed by atoms with van der Waals surface area (Å²) in [5.74, 6) is 2.13. The van der Waals surface area contributed by atoms with Crippen molar-refractivity contribution < 1.29 is 4.79 Å². The third-order valence-electron chi connectivity index (χ3n) is 4.13. The van der Waals surface area contributed by atoms with Gasteiger partial charge in [-0.1, -0.05) is 6.42 Å². The molecule has 1 aromatic rings. The van der Waals surface area contributed by atoms with Crippen LogP contribution in [0.5, 0.6) is 0 Å². The standard InChI is InChI=1S/C13H18N2O/c1-9-12-6-5-10(8-16)7-15(12)13(14-9)11-3-2-4-11/h8,10-11H,2-7H2,1H3. The molecule has 1 unspecified atom stereocenters. The highest BCUT2D eigenvalue weighted by molar-refractivity contribution is 5.54. The van der Waals surface area contributed by atoms with Gasteiger partial charge in [-0.2, -0.15) is 0 Å². The number of hydrogen-bond acceptors (Lipinski definition) is 2. The fraction of sp³-hybridized carbons (Fsp3) is 0.692. The number of aryl methyl sites for hydroxylation is 1. The Morgan fingerprint density at radius 2 is 2.19 bits per heavy atom. The molecule has 3 nitrogen and oxygen atoms in total. The van der Waals surface area contributed by atoms with Gasteiger partial charge in [-0.05, 0) is 32.6 Å². The summed E-state index contributed by atoms with van der Waals surface area (Å²) in [5, 5.41) is 0. The number of fused-ring (bicyclic) bond motifs is 1. The van der Waals surface area contributed by atoms with Crippen molar-refractivity contribution >= 4 is 6.29 Å². The predicted octanol–water partition coefficient (Wildman–Crippen LogP) is 2.22. The highest BCUT2D eigenvalue weighted by Gasteiger charge is 2.29. The van der Waals surface area contributed by atoms with Gasteiger partial charge in [-0.25, -0.2) is 4.98 Å². The van der Waals surface area contributed by atoms with Crippen LogP contribution in [0.15, 0.2) is 0 Å². The zero-order chi connectivity index (χ0) is 11.1. The minimum absolute atomic E-state index is 0.208. The van der Waals surface area contributed by atoms with Crippen molar-refractivity contribution in [2.45, 2.75) is 51.5 Å². The van der Waals surface area contributed by atoms with Crippen molar-refractivity contribution in [3.05, 3.63) is 17.2 Å². The monoisotopic (exact) mass is 218 g/mol. The van der Waals surface area contributed by atoms with Gasteiger partial charge in [0, 0.05) is 24.1 Å². The summed E-state index contributed by atoms with van der Waals surface area (Å²) in [4.78, 5) is 15.6. The van der Waals surface area contributed by atoms with Crippen molar-refractivity contribution in [3.8, 4) is 0 Å². The van der Waals surface area contributed by atoms with Crippen LogP contribution in [0.1, 0.15) is 48.8 Å². The third-order valence-corrected chi connectivity index (χ3v) is 4.13. The number of imidazole rings is 1. The van der Waals surface area contributed by atoms with E-state index in [0.29, 0.717) is 5.92 Å². The Hall–Kier alpha value is -1.12. The first-order valence-corrected chi connectivity index (χ1v) is 6.30. The van der Waals surface area contributed by atoms with Gasteiger partial charge in [-0.15, -0.1) is 0 Å². The molecule has 3 rings (SSSR count). The third kappa shape index (κ3) is 1.41. The lowest BCUT2D eigenvalue weighted by Crippen LogP contribution is -2.25. The van der Waals surface area contributed by atoms with Crippen LogP contribution in [0.4, 0.5) is 0 Å². The molecule has 1 aliphatic carbocycles. The van der Waals surface area contributed by atoms with E-state index >= 15 is 0 Å². The highest BCUT2D eigenvalue weighted by atomic mass is 16.1. The van der Waals surface area contributed by atoms with Crippen LogP contribution in [0.3, 0.4) is 0 Å². The second-order valence-corrected chi connectivity index (χ2v) is 5.18. The van der Waals surface area contributed by atoms with E-state index in [1.807, 2.05) is 0 Å². The van der Waals surface area contributed by atoms with Gasteiger partial charge in [0.1, 0.15) is 12.1 Å². The van der Waals surface area contributed by atoms with Crippen molar-refractivity contribution in [1.82, 2.24) is 9.55 Å². The predicted molar refractivity (Wildman–Crippen MR) is 61.4 cm³/mol. The summed E-state index contributed by atoms with van der Waals surface area (Å²) >= 11 is 0. The van der Waals surface area contributed by atoms with E-state index in [0.717, 1.165) is 25.7 Å². The van der Waals surface area contributed by atoms with Crippen molar-refractivity contribution in [2.75, 3.05) is 0 Å². The van der Waals surface area contributed by atoms with Gasteiger partial charge < -0.3 is 9.36 Å². The summed E-state index contributed by atoms with van der Waals surface area (Å²) in [6, 6.07) is 0. The molecule has 1 aromatic heterocycles. The van der Waals surface area contributed by atoms with Crippen LogP contribution in [-0.2, 0) is 17.8 Å². The fourth-order valence-corrected chi connectivity index (χ4v) is 2.89. The van der Waals surface area contributed by atoms with Crippen molar-refractivity contribution in [1.29, 1.82) is 0 Å². The molecule has 0 bridgehead atoms. The number of aromatic nitrogens is 2. The van der Waals surface area contributed by atoms with Crippen LogP contribution >= 0.6 is 0 Å². The Bertz CT molecular complexity index is 418. The van der Waals surface area contributed by atoms with Crippen LogP contribution in [-0.4, -0.2) is 15.8 Å². The van der Waals surface area contributed by atoms with E-state index in [2.05, 4.69) is 11.5 Å². The number of rotatable bonds is 2. The lowest BCUT2D eigenvalue weighted by Gasteiger charge is -2.28. The zero-order valence-corrected chi connectivity index (χ0v) is 9.78. The molecule has 86 valence electrons. The topological polar surface area (TPSA) is 34.9 Å². The smallest absolute Gasteiger partial charge is 0.124 e. The van der Waals surface area contributed by atoms with E-state index in [-0.39, 0.29) is 5.92 Å². The van der Waals surface area contributed by atoms with E-state index < -0.39 is 0 Å². The van der Waals surface area contributed by atoms with Gasteiger partial charge in [0.05, 0.1) is 5.69 Å². The number of hydrogen-bond donors (Lipinski definition) is 0. The van der Waals surface area contributed by atoms with Crippen molar-refractivity contribution in [2.24, 2.45) is 5.92 Å². The second kappa shape index (κ2) is 3.72. The molecule has 1 atom stereocenters. The molecule has 0 spiro atoms. The van der Waals surface area contributed by atoms with Gasteiger partial charge in [0.2, 0.25) is 0 Å². The molecule has 0 aromatic carbocycles. The molecule has 2 heterocycles. The molecule has 3 heteroatoms. The Kier molecular flexibility index (Phi) is 2.34. The first kappa shape index (κ1) is 10.1. The van der Waals surface area contributed by atoms with E-state index in [9.17, 15) is 4.79 Å². The first-order valence-electron chi connectivity index (χ1n) is 6.30. The van der Waals surface area contributed by atoms with E-state index in [1.165, 1.54) is 36.5 Å². The molecular formula is C13H18N2O. The molecule has 1 fully saturated rings. The molecule has 2 aliphatic rings. The molecule has 1 aliphatic heterocycles. The second-order valence-electron chi connectivity index (χ2n) is 5.18. The number of carbonyl (C=O) groups excluding carboxylic acids is 1. The largest absolute Gasteiger partial charge is 0.331 e. The molecule has 0 amide bonds. The molecule has 16 heavy (non-hydrogen) atoms. The maximum Gasteiger partial charge on any atom is 0.124 e. The minimum Gasteiger partial charge on any atom is -0.331 e. The average molecular weight is 218 g/mol. The first-order chi connectivity index (χ1) is 7.79. The summed E-state index contributed by atoms with van der Waals surface area (Å²) in [6.07, 6.45) is 7.03. The van der Waals surface area contributed by atoms with Crippen LogP contribution in [0, 0.1) is 12.8 Å². The van der Waals surface area contributed by atoms with E-state index in [4.69, 9.17) is 4.98 Å². The highest BCUT2D eigenvalue weighted by Crippen LogP contribution is 2.38. The molecular weight excluding hydrogens is 200 g/mol. The Morgan fingerprint density at radius 1 is 1.38 bits per heavy atom. The molecule has 0 N–H and O–H groups in total. The minimum atomic E-state index is 0.208. The number of carbonyl (C=O) groups is 1. The van der Waals surface area contributed by atoms with Crippen LogP contribution in [0.25, 0.3) is 0 Å². The summed E-state index contributed by atoms with van der Waals surface area (Å²) in [5.41, 5.74) is 2.56. The quantitative estimate of drug-likeness (QED) is 0.713. The zero-order valence-electron chi connectivity index (χ0n) is 9.78. The van der Waals surface area contributed by atoms with E-state index in [1.54, 1.807) is 0 Å². The Balaban J connectivity index is 1.97. The molecule has 0 saturated heterocycles. The Morgan fingerprint density at radius 3 is 2.81 bits per heavy atom. The lowest BCUT2D eigenvalue weighted by molar-refractivity contribution is -0.111. The summed E-state index contributed by atoms with van der Waals surface area (Å²) < 4.78 is 2.34. The SMILES string of the molecule is Cc1nc(C2CCC2)n2c1CCC(C=O)C2. The van der Waals surface area contributed by atoms with Gasteiger partial charge in [-0.3, -0.25) is 0 Å². The summed E-state index contributed by atoms with van der Waals surface area (Å²) in [7, 11) is 0. The normalized spacial score (nSPS) is 24.9. The fourth-order valence-electron chi connectivity index (χ4n) is 2.89. The maximum absolute atomic E-state index is 10.9. The number of nitrogens with zero attached hydrogens (tertiary/aromatic N) is 2. The van der Waals surface area contributed by atoms with Crippen molar-refractivity contribution in [3.63, 3.8) is 0 Å². The Labute approximate surface area is 95.9 Å². The van der Waals surface area contributed by atoms with Gasteiger partial charge in [0.25, 0.3) is 0 Å². The number of aldehydes is 1. The lowest BCUT2D eigenvalue weighted by atomic mass is 9.84. The maximum atomic E-state index is 10.9. The van der Waals surface area contributed by atoms with Gasteiger partial charge >= 0.3 is 0 Å². The van der Waals surface area contributed by atoms with Crippen LogP contribution < -0.4 is 0 Å². The molecule has 1 saturated carbocycles.